The Kier molecular flexibility index (Phi) is 4.43. The van der Waals surface area contributed by atoms with Crippen molar-refractivity contribution in [3.63, 3.8) is 0 Å². The second-order valence-corrected chi connectivity index (χ2v) is 5.51. The van der Waals surface area contributed by atoms with Gasteiger partial charge in [0.05, 0.1) is 26.3 Å². The van der Waals surface area contributed by atoms with E-state index < -0.39 is 0 Å². The van der Waals surface area contributed by atoms with Crippen LogP contribution in [0.1, 0.15) is 15.9 Å². The molecule has 0 spiro atoms. The largest absolute Gasteiger partial charge is 0.398 e. The number of aryl methyl sites for hydroxylation is 1. The number of hydrogen-bond donors (Lipinski definition) is 2. The summed E-state index contributed by atoms with van der Waals surface area (Å²) in [6, 6.07) is 8.16. The molecule has 0 aliphatic rings. The average Bonchev–Trinajstić information content (AvgIpc) is 2.35. The van der Waals surface area contributed by atoms with Crippen LogP contribution >= 0.6 is 34.8 Å². The fourth-order valence-electron chi connectivity index (χ4n) is 1.70. The molecule has 0 atom stereocenters. The highest BCUT2D eigenvalue weighted by atomic mass is 35.5. The van der Waals surface area contributed by atoms with Crippen LogP contribution in [0.3, 0.4) is 0 Å². The fraction of sp³-hybridized carbons (Fsp3) is 0.0714. The zero-order valence-corrected chi connectivity index (χ0v) is 12.8. The molecular formula is C14H11Cl3N2O. The smallest absolute Gasteiger partial charge is 0.257 e. The van der Waals surface area contributed by atoms with Crippen molar-refractivity contribution >= 4 is 52.1 Å². The van der Waals surface area contributed by atoms with Crippen molar-refractivity contribution in [2.24, 2.45) is 0 Å². The van der Waals surface area contributed by atoms with Gasteiger partial charge < -0.3 is 11.1 Å². The molecule has 2 aromatic rings. The zero-order valence-electron chi connectivity index (χ0n) is 10.5. The molecule has 104 valence electrons. The average molecular weight is 330 g/mol. The molecule has 0 saturated heterocycles. The van der Waals surface area contributed by atoms with Gasteiger partial charge in [-0.3, -0.25) is 4.79 Å². The third-order valence-corrected chi connectivity index (χ3v) is 3.74. The Labute approximate surface area is 131 Å². The van der Waals surface area contributed by atoms with E-state index in [0.29, 0.717) is 32.0 Å². The lowest BCUT2D eigenvalue weighted by molar-refractivity contribution is 0.102. The van der Waals surface area contributed by atoms with Crippen LogP contribution in [-0.2, 0) is 0 Å². The van der Waals surface area contributed by atoms with E-state index in [9.17, 15) is 4.79 Å². The molecule has 0 radical (unpaired) electrons. The van der Waals surface area contributed by atoms with Crippen LogP contribution in [0.4, 0.5) is 11.4 Å². The maximum atomic E-state index is 12.2. The van der Waals surface area contributed by atoms with Gasteiger partial charge in [0.15, 0.2) is 0 Å². The van der Waals surface area contributed by atoms with Crippen molar-refractivity contribution in [2.45, 2.75) is 6.92 Å². The second kappa shape index (κ2) is 5.92. The third kappa shape index (κ3) is 3.18. The number of carbonyl (C=O) groups is 1. The van der Waals surface area contributed by atoms with Crippen molar-refractivity contribution in [3.8, 4) is 0 Å². The lowest BCUT2D eigenvalue weighted by atomic mass is 10.1. The summed E-state index contributed by atoms with van der Waals surface area (Å²) in [6.45, 7) is 1.90. The van der Waals surface area contributed by atoms with Gasteiger partial charge in [-0.1, -0.05) is 40.9 Å². The molecule has 1 amide bonds. The summed E-state index contributed by atoms with van der Waals surface area (Å²) in [6.07, 6.45) is 0. The molecule has 3 nitrogen and oxygen atoms in total. The van der Waals surface area contributed by atoms with E-state index in [1.165, 1.54) is 12.1 Å². The van der Waals surface area contributed by atoms with Gasteiger partial charge in [0.25, 0.3) is 5.91 Å². The van der Waals surface area contributed by atoms with Gasteiger partial charge in [-0.15, -0.1) is 0 Å². The summed E-state index contributed by atoms with van der Waals surface area (Å²) in [7, 11) is 0. The molecule has 0 saturated carbocycles. The summed E-state index contributed by atoms with van der Waals surface area (Å²) in [5, 5.41) is 3.60. The van der Waals surface area contributed by atoms with Crippen molar-refractivity contribution in [1.29, 1.82) is 0 Å². The monoisotopic (exact) mass is 328 g/mol. The highest BCUT2D eigenvalue weighted by molar-refractivity contribution is 6.44. The van der Waals surface area contributed by atoms with Crippen LogP contribution in [0.2, 0.25) is 15.1 Å². The van der Waals surface area contributed by atoms with Crippen LogP contribution < -0.4 is 11.1 Å². The van der Waals surface area contributed by atoms with Crippen molar-refractivity contribution in [2.75, 3.05) is 11.1 Å². The molecular weight excluding hydrogens is 319 g/mol. The van der Waals surface area contributed by atoms with Crippen LogP contribution in [0.15, 0.2) is 30.3 Å². The Morgan fingerprint density at radius 1 is 1.05 bits per heavy atom. The number of nitrogen functional groups attached to an aromatic ring is 1. The molecule has 3 N–H and O–H groups in total. The van der Waals surface area contributed by atoms with Crippen molar-refractivity contribution in [3.05, 3.63) is 56.5 Å². The summed E-state index contributed by atoms with van der Waals surface area (Å²) in [4.78, 5) is 12.2. The lowest BCUT2D eigenvalue weighted by Crippen LogP contribution is -2.14. The Balaban J connectivity index is 2.30. The highest BCUT2D eigenvalue weighted by Gasteiger charge is 2.13. The van der Waals surface area contributed by atoms with E-state index >= 15 is 0 Å². The summed E-state index contributed by atoms with van der Waals surface area (Å²) in [5.41, 5.74) is 7.96. The Morgan fingerprint density at radius 3 is 2.35 bits per heavy atom. The molecule has 0 heterocycles. The Hall–Kier alpha value is -1.42. The van der Waals surface area contributed by atoms with Gasteiger partial charge in [-0.05, 0) is 36.8 Å². The van der Waals surface area contributed by atoms with Crippen molar-refractivity contribution < 1.29 is 4.79 Å². The van der Waals surface area contributed by atoms with Gasteiger partial charge >= 0.3 is 0 Å². The number of rotatable bonds is 2. The SMILES string of the molecule is Cc1ccc(C(=O)Nc2cc(Cl)c(Cl)cc2Cl)c(N)c1. The number of halogens is 3. The van der Waals surface area contributed by atoms with Gasteiger partial charge in [0.1, 0.15) is 0 Å². The van der Waals surface area contributed by atoms with Crippen LogP contribution in [0.5, 0.6) is 0 Å². The normalized spacial score (nSPS) is 10.4. The molecule has 6 heteroatoms. The number of anilines is 2. The Bertz CT molecular complexity index is 686. The maximum absolute atomic E-state index is 12.2. The fourth-order valence-corrected chi connectivity index (χ4v) is 2.29. The van der Waals surface area contributed by atoms with E-state index in [1.807, 2.05) is 13.0 Å². The van der Waals surface area contributed by atoms with E-state index in [2.05, 4.69) is 5.32 Å². The first-order chi connectivity index (χ1) is 9.38. The van der Waals surface area contributed by atoms with E-state index in [0.717, 1.165) is 5.56 Å². The molecule has 0 bridgehead atoms. The molecule has 2 rings (SSSR count). The number of carbonyl (C=O) groups excluding carboxylic acids is 1. The molecule has 0 aromatic heterocycles. The van der Waals surface area contributed by atoms with E-state index in [1.54, 1.807) is 12.1 Å². The third-order valence-electron chi connectivity index (χ3n) is 2.71. The molecule has 0 aliphatic heterocycles. The van der Waals surface area contributed by atoms with Crippen LogP contribution in [0.25, 0.3) is 0 Å². The lowest BCUT2D eigenvalue weighted by Gasteiger charge is -2.10. The zero-order chi connectivity index (χ0) is 14.9. The quantitative estimate of drug-likeness (QED) is 0.615. The molecule has 20 heavy (non-hydrogen) atoms. The topological polar surface area (TPSA) is 55.1 Å². The number of nitrogens with one attached hydrogen (secondary N) is 1. The molecule has 0 aliphatic carbocycles. The first-order valence-electron chi connectivity index (χ1n) is 5.70. The minimum atomic E-state index is -0.359. The van der Waals surface area contributed by atoms with Crippen LogP contribution in [-0.4, -0.2) is 5.91 Å². The molecule has 0 unspecified atom stereocenters. The predicted octanol–water partition coefficient (Wildman–Crippen LogP) is 4.79. The maximum Gasteiger partial charge on any atom is 0.257 e. The predicted molar refractivity (Wildman–Crippen MR) is 85.0 cm³/mol. The number of nitrogens with two attached hydrogens (primary N) is 1. The number of hydrogen-bond acceptors (Lipinski definition) is 2. The minimum Gasteiger partial charge on any atom is -0.398 e. The summed E-state index contributed by atoms with van der Waals surface area (Å²) >= 11 is 17.7. The summed E-state index contributed by atoms with van der Waals surface area (Å²) < 4.78 is 0. The van der Waals surface area contributed by atoms with Crippen LogP contribution in [0, 0.1) is 6.92 Å². The number of amides is 1. The summed E-state index contributed by atoms with van der Waals surface area (Å²) in [5.74, 6) is -0.359. The first kappa shape index (κ1) is 15.0. The standard InChI is InChI=1S/C14H11Cl3N2O/c1-7-2-3-8(12(18)4-7)14(20)19-13-6-10(16)9(15)5-11(13)17/h2-6H,18H2,1H3,(H,19,20). The van der Waals surface area contributed by atoms with E-state index in [4.69, 9.17) is 40.5 Å². The molecule has 0 fully saturated rings. The minimum absolute atomic E-state index is 0.304. The van der Waals surface area contributed by atoms with Gasteiger partial charge in [0.2, 0.25) is 0 Å². The second-order valence-electron chi connectivity index (χ2n) is 4.29. The number of benzene rings is 2. The highest BCUT2D eigenvalue weighted by Crippen LogP contribution is 2.32. The Morgan fingerprint density at radius 2 is 1.70 bits per heavy atom. The first-order valence-corrected chi connectivity index (χ1v) is 6.84. The van der Waals surface area contributed by atoms with Gasteiger partial charge in [0, 0.05) is 5.69 Å². The molecule has 2 aromatic carbocycles. The van der Waals surface area contributed by atoms with Gasteiger partial charge in [-0.25, -0.2) is 0 Å². The van der Waals surface area contributed by atoms with Gasteiger partial charge in [-0.2, -0.15) is 0 Å². The van der Waals surface area contributed by atoms with E-state index in [-0.39, 0.29) is 5.91 Å². The van der Waals surface area contributed by atoms with Crippen molar-refractivity contribution in [1.82, 2.24) is 0 Å².